The molecule has 2 atom stereocenters. The van der Waals surface area contributed by atoms with Gasteiger partial charge >= 0.3 is 0 Å². The SMILES string of the molecule is CC1CCCC(CO)(NC(=O)c2ccc(I)cc2)C1. The fraction of sp³-hybridized carbons (Fsp3) is 0.533. The molecule has 0 radical (unpaired) electrons. The van der Waals surface area contributed by atoms with Crippen molar-refractivity contribution in [1.29, 1.82) is 0 Å². The average Bonchev–Trinajstić information content (AvgIpc) is 2.39. The Bertz CT molecular complexity index is 446. The zero-order valence-corrected chi connectivity index (χ0v) is 13.3. The van der Waals surface area contributed by atoms with Gasteiger partial charge in [0.2, 0.25) is 0 Å². The molecule has 0 saturated heterocycles. The number of hydrogen-bond donors (Lipinski definition) is 2. The lowest BCUT2D eigenvalue weighted by Gasteiger charge is -2.39. The number of aliphatic hydroxyl groups is 1. The highest BCUT2D eigenvalue weighted by Gasteiger charge is 2.35. The maximum Gasteiger partial charge on any atom is 0.251 e. The van der Waals surface area contributed by atoms with Crippen LogP contribution in [0.2, 0.25) is 0 Å². The molecule has 2 unspecified atom stereocenters. The number of amides is 1. The summed E-state index contributed by atoms with van der Waals surface area (Å²) in [6.07, 6.45) is 3.97. The van der Waals surface area contributed by atoms with Crippen molar-refractivity contribution in [2.45, 2.75) is 38.1 Å². The number of aliphatic hydroxyl groups excluding tert-OH is 1. The molecule has 0 bridgehead atoms. The molecular formula is C15H20INO2. The van der Waals surface area contributed by atoms with E-state index in [-0.39, 0.29) is 12.5 Å². The van der Waals surface area contributed by atoms with Crippen LogP contribution in [0.3, 0.4) is 0 Å². The number of hydrogen-bond acceptors (Lipinski definition) is 2. The summed E-state index contributed by atoms with van der Waals surface area (Å²) in [5.74, 6) is 0.470. The average molecular weight is 373 g/mol. The predicted octanol–water partition coefficient (Wildman–Crippen LogP) is 2.96. The van der Waals surface area contributed by atoms with Crippen LogP contribution in [-0.4, -0.2) is 23.2 Å². The van der Waals surface area contributed by atoms with Gasteiger partial charge in [-0.3, -0.25) is 4.79 Å². The minimum absolute atomic E-state index is 0.0213. The second kappa shape index (κ2) is 6.22. The lowest BCUT2D eigenvalue weighted by atomic mass is 9.76. The highest BCUT2D eigenvalue weighted by Crippen LogP contribution is 2.32. The Kier molecular flexibility index (Phi) is 4.84. The molecule has 1 aromatic rings. The summed E-state index contributed by atoms with van der Waals surface area (Å²) in [5.41, 5.74) is 0.226. The molecule has 1 amide bonds. The van der Waals surface area contributed by atoms with Crippen LogP contribution in [-0.2, 0) is 0 Å². The van der Waals surface area contributed by atoms with Crippen molar-refractivity contribution in [1.82, 2.24) is 5.32 Å². The quantitative estimate of drug-likeness (QED) is 0.801. The molecule has 19 heavy (non-hydrogen) atoms. The Morgan fingerprint density at radius 3 is 2.74 bits per heavy atom. The maximum atomic E-state index is 12.3. The van der Waals surface area contributed by atoms with E-state index in [9.17, 15) is 9.90 Å². The second-order valence-electron chi connectivity index (χ2n) is 5.60. The number of halogens is 1. The molecule has 1 aliphatic carbocycles. The van der Waals surface area contributed by atoms with Gasteiger partial charge in [0.25, 0.3) is 5.91 Å². The van der Waals surface area contributed by atoms with Crippen molar-refractivity contribution in [2.24, 2.45) is 5.92 Å². The van der Waals surface area contributed by atoms with Crippen LogP contribution in [0.25, 0.3) is 0 Å². The first-order chi connectivity index (χ1) is 9.04. The highest BCUT2D eigenvalue weighted by molar-refractivity contribution is 14.1. The number of carbonyl (C=O) groups excluding carboxylic acids is 1. The normalized spacial score (nSPS) is 27.0. The van der Waals surface area contributed by atoms with E-state index in [1.807, 2.05) is 24.3 Å². The Labute approximate surface area is 127 Å². The van der Waals surface area contributed by atoms with Crippen molar-refractivity contribution in [3.05, 3.63) is 33.4 Å². The van der Waals surface area contributed by atoms with Crippen LogP contribution in [0.1, 0.15) is 43.0 Å². The maximum absolute atomic E-state index is 12.3. The summed E-state index contributed by atoms with van der Waals surface area (Å²) >= 11 is 2.22. The second-order valence-corrected chi connectivity index (χ2v) is 6.85. The Hall–Kier alpha value is -0.620. The van der Waals surface area contributed by atoms with Crippen LogP contribution in [0, 0.1) is 9.49 Å². The first-order valence-electron chi connectivity index (χ1n) is 6.74. The van der Waals surface area contributed by atoms with Crippen molar-refractivity contribution < 1.29 is 9.90 Å². The van der Waals surface area contributed by atoms with E-state index in [0.29, 0.717) is 11.5 Å². The molecular weight excluding hydrogens is 353 g/mol. The lowest BCUT2D eigenvalue weighted by molar-refractivity contribution is 0.0697. The fourth-order valence-corrected chi connectivity index (χ4v) is 3.23. The van der Waals surface area contributed by atoms with Gasteiger partial charge in [-0.1, -0.05) is 19.8 Å². The molecule has 0 aromatic heterocycles. The topological polar surface area (TPSA) is 49.3 Å². The Morgan fingerprint density at radius 1 is 1.47 bits per heavy atom. The molecule has 104 valence electrons. The minimum Gasteiger partial charge on any atom is -0.394 e. The highest BCUT2D eigenvalue weighted by atomic mass is 127. The molecule has 0 aliphatic heterocycles. The summed E-state index contributed by atoms with van der Waals surface area (Å²) < 4.78 is 1.11. The minimum atomic E-state index is -0.433. The van der Waals surface area contributed by atoms with E-state index in [0.717, 1.165) is 22.8 Å². The zero-order chi connectivity index (χ0) is 13.9. The Balaban J connectivity index is 2.09. The van der Waals surface area contributed by atoms with Gasteiger partial charge in [-0.15, -0.1) is 0 Å². The van der Waals surface area contributed by atoms with Gasteiger partial charge in [-0.2, -0.15) is 0 Å². The van der Waals surface area contributed by atoms with Crippen molar-refractivity contribution in [3.8, 4) is 0 Å². The van der Waals surface area contributed by atoms with Crippen molar-refractivity contribution in [2.75, 3.05) is 6.61 Å². The number of rotatable bonds is 3. The van der Waals surface area contributed by atoms with Crippen LogP contribution in [0.4, 0.5) is 0 Å². The molecule has 0 heterocycles. The van der Waals surface area contributed by atoms with E-state index in [2.05, 4.69) is 34.8 Å². The predicted molar refractivity (Wildman–Crippen MR) is 84.1 cm³/mol. The molecule has 1 fully saturated rings. The standard InChI is InChI=1S/C15H20INO2/c1-11-3-2-8-15(9-11,10-18)17-14(19)12-4-6-13(16)7-5-12/h4-7,11,18H,2-3,8-10H2,1H3,(H,17,19). The molecule has 1 saturated carbocycles. The van der Waals surface area contributed by atoms with Gasteiger partial charge in [0.05, 0.1) is 12.1 Å². The van der Waals surface area contributed by atoms with E-state index < -0.39 is 5.54 Å². The third-order valence-corrected chi connectivity index (χ3v) is 4.60. The molecule has 1 aromatic carbocycles. The number of carbonyl (C=O) groups is 1. The molecule has 4 heteroatoms. The van der Waals surface area contributed by atoms with E-state index in [1.165, 1.54) is 6.42 Å². The number of nitrogens with one attached hydrogen (secondary N) is 1. The molecule has 0 spiro atoms. The van der Waals surface area contributed by atoms with Gasteiger partial charge in [0.1, 0.15) is 0 Å². The van der Waals surface area contributed by atoms with E-state index in [4.69, 9.17) is 0 Å². The van der Waals surface area contributed by atoms with Crippen LogP contribution in [0.5, 0.6) is 0 Å². The number of benzene rings is 1. The first-order valence-corrected chi connectivity index (χ1v) is 7.81. The van der Waals surface area contributed by atoms with Gasteiger partial charge < -0.3 is 10.4 Å². The van der Waals surface area contributed by atoms with E-state index in [1.54, 1.807) is 0 Å². The van der Waals surface area contributed by atoms with Gasteiger partial charge in [0.15, 0.2) is 0 Å². The third-order valence-electron chi connectivity index (χ3n) is 3.88. The molecule has 2 rings (SSSR count). The molecule has 2 N–H and O–H groups in total. The van der Waals surface area contributed by atoms with Crippen molar-refractivity contribution >= 4 is 28.5 Å². The largest absolute Gasteiger partial charge is 0.394 e. The van der Waals surface area contributed by atoms with Crippen molar-refractivity contribution in [3.63, 3.8) is 0 Å². The Morgan fingerprint density at radius 2 is 2.16 bits per heavy atom. The smallest absolute Gasteiger partial charge is 0.251 e. The lowest BCUT2D eigenvalue weighted by Crippen LogP contribution is -2.53. The summed E-state index contributed by atoms with van der Waals surface area (Å²) in [5, 5.41) is 12.7. The van der Waals surface area contributed by atoms with Gasteiger partial charge in [-0.25, -0.2) is 0 Å². The summed E-state index contributed by atoms with van der Waals surface area (Å²) in [6.45, 7) is 2.20. The van der Waals surface area contributed by atoms with Crippen LogP contribution >= 0.6 is 22.6 Å². The fourth-order valence-electron chi connectivity index (χ4n) is 2.87. The third kappa shape index (κ3) is 3.69. The summed E-state index contributed by atoms with van der Waals surface area (Å²) in [7, 11) is 0. The van der Waals surface area contributed by atoms with E-state index >= 15 is 0 Å². The van der Waals surface area contributed by atoms with Gasteiger partial charge in [0, 0.05) is 9.13 Å². The first kappa shape index (κ1) is 14.8. The summed E-state index contributed by atoms with van der Waals surface area (Å²) in [6, 6.07) is 7.50. The summed E-state index contributed by atoms with van der Waals surface area (Å²) in [4.78, 5) is 12.3. The zero-order valence-electron chi connectivity index (χ0n) is 11.2. The molecule has 1 aliphatic rings. The molecule has 3 nitrogen and oxygen atoms in total. The van der Waals surface area contributed by atoms with Crippen LogP contribution in [0.15, 0.2) is 24.3 Å². The monoisotopic (exact) mass is 373 g/mol. The van der Waals surface area contributed by atoms with Crippen LogP contribution < -0.4 is 5.32 Å². The van der Waals surface area contributed by atoms with Gasteiger partial charge in [-0.05, 0) is 65.6 Å².